The van der Waals surface area contributed by atoms with E-state index >= 15 is 0 Å². The molecule has 2 heterocycles. The Kier molecular flexibility index (Phi) is 7.24. The van der Waals surface area contributed by atoms with Crippen molar-refractivity contribution >= 4 is 18.3 Å². The van der Waals surface area contributed by atoms with Gasteiger partial charge in [0, 0.05) is 37.6 Å². The Labute approximate surface area is 159 Å². The molecule has 3 rings (SSSR count). The molecule has 0 radical (unpaired) electrons. The predicted molar refractivity (Wildman–Crippen MR) is 102 cm³/mol. The fourth-order valence-electron chi connectivity index (χ4n) is 3.06. The van der Waals surface area contributed by atoms with Gasteiger partial charge in [0.2, 0.25) is 0 Å². The van der Waals surface area contributed by atoms with E-state index in [-0.39, 0.29) is 24.4 Å². The first-order chi connectivity index (χ1) is 12.2. The lowest BCUT2D eigenvalue weighted by molar-refractivity contribution is 0.0633. The summed E-state index contributed by atoms with van der Waals surface area (Å²) in [4.78, 5) is 19.2. The third-order valence-electron chi connectivity index (χ3n) is 4.28. The van der Waals surface area contributed by atoms with E-state index < -0.39 is 0 Å². The highest BCUT2D eigenvalue weighted by Gasteiger charge is 2.29. The number of carbonyl (C=O) groups is 1. The molecule has 0 bridgehead atoms. The van der Waals surface area contributed by atoms with Gasteiger partial charge in [0.05, 0.1) is 19.8 Å². The maximum absolute atomic E-state index is 13.1. The Balaban J connectivity index is 0.00000243. The van der Waals surface area contributed by atoms with Crippen molar-refractivity contribution in [2.24, 2.45) is 0 Å². The van der Waals surface area contributed by atoms with Gasteiger partial charge in [-0.1, -0.05) is 6.07 Å². The molecule has 7 heteroatoms. The number of nitrogens with zero attached hydrogens (tertiary/aromatic N) is 2. The standard InChI is InChI=1S/C19H23N3O3.ClH/c1-3-25-17-7-6-14(11-18(17)24-2)19(23)22-10-9-21-13-16(22)15-5-4-8-20-12-15;/h4-8,11-12,16,21H,3,9-10,13H2,1-2H3;1H. The molecule has 1 N–H and O–H groups in total. The lowest BCUT2D eigenvalue weighted by Gasteiger charge is -2.36. The van der Waals surface area contributed by atoms with Crippen LogP contribution in [0.1, 0.15) is 28.9 Å². The smallest absolute Gasteiger partial charge is 0.254 e. The second-order valence-corrected chi connectivity index (χ2v) is 5.80. The van der Waals surface area contributed by atoms with E-state index in [4.69, 9.17) is 9.47 Å². The first kappa shape index (κ1) is 20.0. The van der Waals surface area contributed by atoms with E-state index in [2.05, 4.69) is 10.3 Å². The van der Waals surface area contributed by atoms with Gasteiger partial charge in [-0.2, -0.15) is 0 Å². The fourth-order valence-corrected chi connectivity index (χ4v) is 3.06. The summed E-state index contributed by atoms with van der Waals surface area (Å²) in [6.45, 7) is 4.60. The topological polar surface area (TPSA) is 63.7 Å². The number of ether oxygens (including phenoxy) is 2. The number of benzene rings is 1. The van der Waals surface area contributed by atoms with Crippen LogP contribution in [0.2, 0.25) is 0 Å². The van der Waals surface area contributed by atoms with E-state index in [0.29, 0.717) is 36.8 Å². The molecule has 1 aliphatic heterocycles. The van der Waals surface area contributed by atoms with Gasteiger partial charge in [-0.3, -0.25) is 9.78 Å². The number of hydrogen-bond donors (Lipinski definition) is 1. The number of nitrogens with one attached hydrogen (secondary N) is 1. The Bertz CT molecular complexity index is 727. The number of amides is 1. The van der Waals surface area contributed by atoms with Crippen LogP contribution in [0.3, 0.4) is 0 Å². The zero-order valence-corrected chi connectivity index (χ0v) is 15.8. The van der Waals surface area contributed by atoms with Gasteiger partial charge in [-0.05, 0) is 36.8 Å². The SMILES string of the molecule is CCOc1ccc(C(=O)N2CCNCC2c2cccnc2)cc1OC.Cl. The molecule has 2 aromatic rings. The summed E-state index contributed by atoms with van der Waals surface area (Å²) in [7, 11) is 1.58. The van der Waals surface area contributed by atoms with Gasteiger partial charge in [0.15, 0.2) is 11.5 Å². The third kappa shape index (κ3) is 4.26. The molecule has 140 valence electrons. The first-order valence-corrected chi connectivity index (χ1v) is 8.47. The van der Waals surface area contributed by atoms with Crippen LogP contribution in [0.15, 0.2) is 42.7 Å². The van der Waals surface area contributed by atoms with Crippen molar-refractivity contribution in [2.75, 3.05) is 33.4 Å². The van der Waals surface area contributed by atoms with E-state index in [1.807, 2.05) is 30.2 Å². The molecule has 1 amide bonds. The minimum Gasteiger partial charge on any atom is -0.493 e. The van der Waals surface area contributed by atoms with Crippen LogP contribution in [0, 0.1) is 0 Å². The number of rotatable bonds is 5. The quantitative estimate of drug-likeness (QED) is 0.868. The molecule has 0 spiro atoms. The molecule has 6 nitrogen and oxygen atoms in total. The van der Waals surface area contributed by atoms with Crippen molar-refractivity contribution in [3.05, 3.63) is 53.9 Å². The van der Waals surface area contributed by atoms with Crippen LogP contribution in [0.5, 0.6) is 11.5 Å². The van der Waals surface area contributed by atoms with Crippen LogP contribution in [0.4, 0.5) is 0 Å². The number of piperazine rings is 1. The zero-order valence-electron chi connectivity index (χ0n) is 15.0. The van der Waals surface area contributed by atoms with Gasteiger partial charge in [-0.15, -0.1) is 12.4 Å². The van der Waals surface area contributed by atoms with E-state index in [0.717, 1.165) is 12.1 Å². The van der Waals surface area contributed by atoms with Crippen LogP contribution >= 0.6 is 12.4 Å². The molecule has 1 aliphatic rings. The second kappa shape index (κ2) is 9.40. The maximum atomic E-state index is 13.1. The van der Waals surface area contributed by atoms with Crippen LogP contribution in [-0.2, 0) is 0 Å². The lowest BCUT2D eigenvalue weighted by atomic mass is 10.0. The van der Waals surface area contributed by atoms with Crippen molar-refractivity contribution in [1.29, 1.82) is 0 Å². The summed E-state index contributed by atoms with van der Waals surface area (Å²) in [6.07, 6.45) is 3.56. The van der Waals surface area contributed by atoms with Gasteiger partial charge >= 0.3 is 0 Å². The van der Waals surface area contributed by atoms with Gasteiger partial charge in [0.25, 0.3) is 5.91 Å². The second-order valence-electron chi connectivity index (χ2n) is 5.80. The van der Waals surface area contributed by atoms with Crippen molar-refractivity contribution in [3.63, 3.8) is 0 Å². The number of pyridine rings is 1. The van der Waals surface area contributed by atoms with E-state index in [1.54, 1.807) is 31.5 Å². The number of halogens is 1. The Hall–Kier alpha value is -2.31. The summed E-state index contributed by atoms with van der Waals surface area (Å²) in [5, 5.41) is 3.35. The summed E-state index contributed by atoms with van der Waals surface area (Å²) in [5.41, 5.74) is 1.62. The molecule has 1 aromatic heterocycles. The summed E-state index contributed by atoms with van der Waals surface area (Å²) < 4.78 is 10.9. The highest BCUT2D eigenvalue weighted by atomic mass is 35.5. The molecule has 26 heavy (non-hydrogen) atoms. The number of aromatic nitrogens is 1. The molecule has 1 unspecified atom stereocenters. The number of hydrogen-bond acceptors (Lipinski definition) is 5. The average molecular weight is 378 g/mol. The van der Waals surface area contributed by atoms with Crippen LogP contribution in [0.25, 0.3) is 0 Å². The molecule has 0 aliphatic carbocycles. The van der Waals surface area contributed by atoms with Crippen molar-refractivity contribution in [2.45, 2.75) is 13.0 Å². The maximum Gasteiger partial charge on any atom is 0.254 e. The molecule has 0 saturated carbocycles. The van der Waals surface area contributed by atoms with Gasteiger partial charge in [-0.25, -0.2) is 0 Å². The highest BCUT2D eigenvalue weighted by Crippen LogP contribution is 2.30. The fraction of sp³-hybridized carbons (Fsp3) is 0.368. The Morgan fingerprint density at radius 3 is 2.88 bits per heavy atom. The highest BCUT2D eigenvalue weighted by molar-refractivity contribution is 5.95. The summed E-state index contributed by atoms with van der Waals surface area (Å²) in [6, 6.07) is 9.19. The van der Waals surface area contributed by atoms with Crippen LogP contribution < -0.4 is 14.8 Å². The van der Waals surface area contributed by atoms with Crippen molar-refractivity contribution in [3.8, 4) is 11.5 Å². The average Bonchev–Trinajstić information content (AvgIpc) is 2.68. The summed E-state index contributed by atoms with van der Waals surface area (Å²) in [5.74, 6) is 1.20. The number of carbonyl (C=O) groups excluding carboxylic acids is 1. The summed E-state index contributed by atoms with van der Waals surface area (Å²) >= 11 is 0. The number of methoxy groups -OCH3 is 1. The van der Waals surface area contributed by atoms with Gasteiger partial charge in [0.1, 0.15) is 0 Å². The molecular weight excluding hydrogens is 354 g/mol. The molecule has 1 fully saturated rings. The van der Waals surface area contributed by atoms with Crippen LogP contribution in [-0.4, -0.2) is 49.1 Å². The van der Waals surface area contributed by atoms with Crippen molar-refractivity contribution in [1.82, 2.24) is 15.2 Å². The zero-order chi connectivity index (χ0) is 17.6. The Morgan fingerprint density at radius 1 is 1.35 bits per heavy atom. The van der Waals surface area contributed by atoms with E-state index in [9.17, 15) is 4.79 Å². The molecule has 1 aromatic carbocycles. The first-order valence-electron chi connectivity index (χ1n) is 8.47. The lowest BCUT2D eigenvalue weighted by Crippen LogP contribution is -2.48. The molecule has 1 saturated heterocycles. The van der Waals surface area contributed by atoms with Crippen molar-refractivity contribution < 1.29 is 14.3 Å². The monoisotopic (exact) mass is 377 g/mol. The molecular formula is C19H24ClN3O3. The minimum atomic E-state index is -0.0347. The Morgan fingerprint density at radius 2 is 2.19 bits per heavy atom. The van der Waals surface area contributed by atoms with E-state index in [1.165, 1.54) is 0 Å². The normalized spacial score (nSPS) is 16.5. The van der Waals surface area contributed by atoms with Gasteiger partial charge < -0.3 is 19.7 Å². The molecule has 1 atom stereocenters. The minimum absolute atomic E-state index is 0. The third-order valence-corrected chi connectivity index (χ3v) is 4.28. The predicted octanol–water partition coefficient (Wildman–Crippen LogP) is 2.70. The largest absolute Gasteiger partial charge is 0.493 e.